The molecule has 1 atom stereocenters. The summed E-state index contributed by atoms with van der Waals surface area (Å²) in [5, 5.41) is 0. The lowest BCUT2D eigenvalue weighted by atomic mass is 10.1. The number of hydrogen-bond acceptors (Lipinski definition) is 5. The number of carbonyl (C=O) groups excluding carboxylic acids is 2. The number of hydrogen-bond donors (Lipinski definition) is 0. The van der Waals surface area contributed by atoms with Crippen molar-refractivity contribution in [1.29, 1.82) is 0 Å². The van der Waals surface area contributed by atoms with Gasteiger partial charge in [0.15, 0.2) is 6.10 Å². The molecular weight excluding hydrogens is 669 g/mol. The quantitative estimate of drug-likeness (QED) is 0.0353. The predicted molar refractivity (Wildman–Crippen MR) is 233 cm³/mol. The van der Waals surface area contributed by atoms with E-state index in [9.17, 15) is 9.59 Å². The van der Waals surface area contributed by atoms with E-state index in [0.29, 0.717) is 19.4 Å². The number of allylic oxidation sites excluding steroid dienone is 10. The minimum Gasteiger partial charge on any atom is -0.462 e. The van der Waals surface area contributed by atoms with Crippen molar-refractivity contribution in [2.45, 2.75) is 219 Å². The lowest BCUT2D eigenvalue weighted by Gasteiger charge is -2.18. The Hall–Kier alpha value is -2.40. The standard InChI is InChI=1S/C49H86O5/c1-4-7-10-13-16-19-22-24-25-26-28-30-33-36-39-42-48(50)53-46-47(45-52-44-41-38-35-32-29-23-20-17-14-11-8-5-2)54-49(51)43-40-37-34-31-27-21-18-15-12-9-6-3/h7,10,14,16-17,19,24-25,28,30,47H,4-6,8-9,11-13,15,18,20-23,26-27,29,31-46H2,1-3H3/b10-7-,17-14-,19-16-,25-24-,30-28-. The van der Waals surface area contributed by atoms with Crippen molar-refractivity contribution >= 4 is 11.9 Å². The molecular formula is C49H86O5. The molecule has 0 radical (unpaired) electrons. The van der Waals surface area contributed by atoms with Gasteiger partial charge < -0.3 is 14.2 Å². The molecule has 0 aliphatic carbocycles. The largest absolute Gasteiger partial charge is 0.462 e. The third kappa shape index (κ3) is 42.3. The Labute approximate surface area is 334 Å². The Balaban J connectivity index is 4.32. The molecule has 312 valence electrons. The topological polar surface area (TPSA) is 61.8 Å². The van der Waals surface area contributed by atoms with Gasteiger partial charge in [0.1, 0.15) is 6.61 Å². The predicted octanol–water partition coefficient (Wildman–Crippen LogP) is 15.0. The van der Waals surface area contributed by atoms with Crippen LogP contribution in [0.3, 0.4) is 0 Å². The Morgan fingerprint density at radius 3 is 1.44 bits per heavy atom. The summed E-state index contributed by atoms with van der Waals surface area (Å²) < 4.78 is 17.3. The van der Waals surface area contributed by atoms with Crippen molar-refractivity contribution in [2.24, 2.45) is 0 Å². The molecule has 54 heavy (non-hydrogen) atoms. The third-order valence-electron chi connectivity index (χ3n) is 9.54. The second kappa shape index (κ2) is 45.0. The molecule has 0 spiro atoms. The van der Waals surface area contributed by atoms with Gasteiger partial charge in [-0.3, -0.25) is 9.59 Å². The van der Waals surface area contributed by atoms with Crippen molar-refractivity contribution in [2.75, 3.05) is 19.8 Å². The molecule has 0 N–H and O–H groups in total. The molecule has 0 aliphatic heterocycles. The summed E-state index contributed by atoms with van der Waals surface area (Å²) in [4.78, 5) is 25.2. The fourth-order valence-electron chi connectivity index (χ4n) is 6.13. The zero-order valence-electron chi connectivity index (χ0n) is 35.7. The fourth-order valence-corrected chi connectivity index (χ4v) is 6.13. The van der Waals surface area contributed by atoms with Gasteiger partial charge in [0.05, 0.1) is 6.61 Å². The van der Waals surface area contributed by atoms with Crippen LogP contribution in [0.4, 0.5) is 0 Å². The lowest BCUT2D eigenvalue weighted by molar-refractivity contribution is -0.163. The summed E-state index contributed by atoms with van der Waals surface area (Å²) in [7, 11) is 0. The highest BCUT2D eigenvalue weighted by atomic mass is 16.6. The van der Waals surface area contributed by atoms with Gasteiger partial charge in [-0.1, -0.05) is 184 Å². The van der Waals surface area contributed by atoms with Gasteiger partial charge >= 0.3 is 11.9 Å². The van der Waals surface area contributed by atoms with E-state index < -0.39 is 6.10 Å². The van der Waals surface area contributed by atoms with Crippen LogP contribution in [0.5, 0.6) is 0 Å². The molecule has 0 amide bonds. The van der Waals surface area contributed by atoms with Gasteiger partial charge in [0.25, 0.3) is 0 Å². The molecule has 5 nitrogen and oxygen atoms in total. The number of esters is 2. The zero-order valence-corrected chi connectivity index (χ0v) is 35.7. The molecule has 1 unspecified atom stereocenters. The van der Waals surface area contributed by atoms with E-state index >= 15 is 0 Å². The van der Waals surface area contributed by atoms with Crippen LogP contribution >= 0.6 is 0 Å². The molecule has 0 heterocycles. The van der Waals surface area contributed by atoms with Crippen LogP contribution < -0.4 is 0 Å². The Kier molecular flexibility index (Phi) is 43.0. The van der Waals surface area contributed by atoms with Crippen LogP contribution in [-0.4, -0.2) is 37.9 Å². The van der Waals surface area contributed by atoms with Crippen LogP contribution in [0.25, 0.3) is 0 Å². The van der Waals surface area contributed by atoms with Gasteiger partial charge in [0.2, 0.25) is 0 Å². The molecule has 0 saturated carbocycles. The van der Waals surface area contributed by atoms with E-state index in [2.05, 4.69) is 81.5 Å². The first-order valence-corrected chi connectivity index (χ1v) is 22.8. The molecule has 0 fully saturated rings. The first-order chi connectivity index (χ1) is 26.6. The van der Waals surface area contributed by atoms with Crippen molar-refractivity contribution < 1.29 is 23.8 Å². The second-order valence-corrected chi connectivity index (χ2v) is 14.9. The maximum absolute atomic E-state index is 12.7. The first kappa shape index (κ1) is 51.6. The van der Waals surface area contributed by atoms with Gasteiger partial charge in [-0.15, -0.1) is 0 Å². The summed E-state index contributed by atoms with van der Waals surface area (Å²) in [5.41, 5.74) is 0. The fraction of sp³-hybridized carbons (Fsp3) is 0.755. The van der Waals surface area contributed by atoms with Crippen molar-refractivity contribution in [3.05, 3.63) is 60.8 Å². The van der Waals surface area contributed by atoms with Gasteiger partial charge in [-0.25, -0.2) is 0 Å². The molecule has 0 saturated heterocycles. The summed E-state index contributed by atoms with van der Waals surface area (Å²) in [6.07, 6.45) is 55.0. The number of rotatable bonds is 41. The normalized spacial score (nSPS) is 12.7. The van der Waals surface area contributed by atoms with E-state index in [4.69, 9.17) is 14.2 Å². The summed E-state index contributed by atoms with van der Waals surface area (Å²) in [6, 6.07) is 0. The lowest BCUT2D eigenvalue weighted by Crippen LogP contribution is -2.30. The third-order valence-corrected chi connectivity index (χ3v) is 9.54. The minimum atomic E-state index is -0.552. The van der Waals surface area contributed by atoms with Crippen LogP contribution in [0.1, 0.15) is 213 Å². The van der Waals surface area contributed by atoms with Crippen molar-refractivity contribution in [1.82, 2.24) is 0 Å². The zero-order chi connectivity index (χ0) is 39.3. The highest BCUT2D eigenvalue weighted by Gasteiger charge is 2.17. The van der Waals surface area contributed by atoms with Gasteiger partial charge in [0, 0.05) is 19.4 Å². The van der Waals surface area contributed by atoms with E-state index in [1.165, 1.54) is 109 Å². The molecule has 0 aromatic rings. The summed E-state index contributed by atoms with van der Waals surface area (Å²) >= 11 is 0. The Morgan fingerprint density at radius 2 is 0.852 bits per heavy atom. The van der Waals surface area contributed by atoms with Crippen LogP contribution in [-0.2, 0) is 23.8 Å². The van der Waals surface area contributed by atoms with Gasteiger partial charge in [-0.2, -0.15) is 0 Å². The molecule has 5 heteroatoms. The highest BCUT2D eigenvalue weighted by molar-refractivity contribution is 5.70. The molecule has 0 bridgehead atoms. The molecule has 0 aromatic carbocycles. The van der Waals surface area contributed by atoms with E-state index in [-0.39, 0.29) is 25.2 Å². The Bertz CT molecular complexity index is 946. The van der Waals surface area contributed by atoms with Crippen molar-refractivity contribution in [3.63, 3.8) is 0 Å². The summed E-state index contributed by atoms with van der Waals surface area (Å²) in [6.45, 7) is 7.62. The van der Waals surface area contributed by atoms with E-state index in [1.807, 2.05) is 0 Å². The second-order valence-electron chi connectivity index (χ2n) is 14.9. The van der Waals surface area contributed by atoms with Crippen LogP contribution in [0, 0.1) is 0 Å². The first-order valence-electron chi connectivity index (χ1n) is 22.8. The van der Waals surface area contributed by atoms with Crippen LogP contribution in [0.15, 0.2) is 60.8 Å². The monoisotopic (exact) mass is 755 g/mol. The maximum Gasteiger partial charge on any atom is 0.306 e. The van der Waals surface area contributed by atoms with Crippen molar-refractivity contribution in [3.8, 4) is 0 Å². The number of carbonyl (C=O) groups is 2. The van der Waals surface area contributed by atoms with Crippen LogP contribution in [0.2, 0.25) is 0 Å². The molecule has 0 aromatic heterocycles. The molecule has 0 aliphatic rings. The van der Waals surface area contributed by atoms with Gasteiger partial charge in [-0.05, 0) is 77.0 Å². The number of ether oxygens (including phenoxy) is 3. The number of unbranched alkanes of at least 4 members (excludes halogenated alkanes) is 20. The Morgan fingerprint density at radius 1 is 0.426 bits per heavy atom. The SMILES string of the molecule is CC/C=C\C/C=C\C/C=C\C/C=C\CCCCC(=O)OCC(COCCCCCCCC/C=C\CCCC)OC(=O)CCCCCCCCCCCCC. The smallest absolute Gasteiger partial charge is 0.306 e. The highest BCUT2D eigenvalue weighted by Crippen LogP contribution is 2.13. The maximum atomic E-state index is 12.7. The van der Waals surface area contributed by atoms with E-state index in [0.717, 1.165) is 70.6 Å². The minimum absolute atomic E-state index is 0.0621. The molecule has 0 rings (SSSR count). The average Bonchev–Trinajstić information content (AvgIpc) is 3.17. The average molecular weight is 755 g/mol. The summed E-state index contributed by atoms with van der Waals surface area (Å²) in [5.74, 6) is -0.447. The van der Waals surface area contributed by atoms with E-state index in [1.54, 1.807) is 0 Å².